The molecule has 0 radical (unpaired) electrons. The standard InChI is InChI=1S/C60H42N2/c1-59(2)51-30-16-15-28-50(51)57-48(29-18-32-53(57)59)45-35-36-49(44-26-13-12-25-43(44)45)58-61-55(39-19-6-3-7-20-39)38-56(62-58)40-33-34-47-46-27-14-17-31-52(46)60(54(47)37-40,41-21-8-4-9-22-41)42-23-10-5-11-24-42/h3-38H,1-2H3. The Labute approximate surface area is 362 Å². The topological polar surface area (TPSA) is 25.8 Å². The van der Waals surface area contributed by atoms with Gasteiger partial charge in [0.25, 0.3) is 0 Å². The van der Waals surface area contributed by atoms with Gasteiger partial charge in [-0.05, 0) is 95.7 Å². The van der Waals surface area contributed by atoms with Crippen LogP contribution in [0.15, 0.2) is 218 Å². The highest BCUT2D eigenvalue weighted by molar-refractivity contribution is 6.07. The summed E-state index contributed by atoms with van der Waals surface area (Å²) in [6.45, 7) is 4.70. The van der Waals surface area contributed by atoms with E-state index < -0.39 is 5.41 Å². The van der Waals surface area contributed by atoms with Crippen molar-refractivity contribution in [2.75, 3.05) is 0 Å². The Morgan fingerprint density at radius 2 is 0.823 bits per heavy atom. The first-order valence-corrected chi connectivity index (χ1v) is 21.6. The minimum Gasteiger partial charge on any atom is -0.228 e. The summed E-state index contributed by atoms with van der Waals surface area (Å²) < 4.78 is 0. The molecule has 0 N–H and O–H groups in total. The molecule has 0 saturated heterocycles. The molecule has 62 heavy (non-hydrogen) atoms. The van der Waals surface area contributed by atoms with E-state index in [1.807, 2.05) is 0 Å². The maximum Gasteiger partial charge on any atom is 0.161 e. The molecule has 10 aromatic rings. The molecule has 0 saturated carbocycles. The molecule has 0 fully saturated rings. The molecule has 1 aromatic heterocycles. The van der Waals surface area contributed by atoms with Gasteiger partial charge >= 0.3 is 0 Å². The van der Waals surface area contributed by atoms with Crippen LogP contribution in [0.2, 0.25) is 0 Å². The Bertz CT molecular complexity index is 3330. The zero-order chi connectivity index (χ0) is 41.4. The fourth-order valence-electron chi connectivity index (χ4n) is 10.8. The van der Waals surface area contributed by atoms with E-state index in [1.165, 1.54) is 72.1 Å². The summed E-state index contributed by atoms with van der Waals surface area (Å²) in [5, 5.41) is 2.31. The molecule has 0 amide bonds. The van der Waals surface area contributed by atoms with Gasteiger partial charge in [0.15, 0.2) is 5.82 Å². The van der Waals surface area contributed by atoms with Crippen LogP contribution < -0.4 is 0 Å². The summed E-state index contributed by atoms with van der Waals surface area (Å²) in [6.07, 6.45) is 0. The van der Waals surface area contributed by atoms with Crippen molar-refractivity contribution in [2.24, 2.45) is 0 Å². The fraction of sp³-hybridized carbons (Fsp3) is 0.0667. The molecule has 0 bridgehead atoms. The third-order valence-electron chi connectivity index (χ3n) is 13.6. The molecule has 0 spiro atoms. The molecule has 0 atom stereocenters. The summed E-state index contributed by atoms with van der Waals surface area (Å²) in [4.78, 5) is 10.9. The van der Waals surface area contributed by atoms with Crippen molar-refractivity contribution in [3.63, 3.8) is 0 Å². The molecule has 2 aliphatic carbocycles. The number of benzene rings is 9. The van der Waals surface area contributed by atoms with Crippen LogP contribution in [0, 0.1) is 0 Å². The summed E-state index contributed by atoms with van der Waals surface area (Å²) in [6, 6.07) is 79.5. The first-order valence-electron chi connectivity index (χ1n) is 21.6. The first-order chi connectivity index (χ1) is 30.5. The van der Waals surface area contributed by atoms with Crippen molar-refractivity contribution < 1.29 is 0 Å². The number of hydrogen-bond acceptors (Lipinski definition) is 2. The zero-order valence-electron chi connectivity index (χ0n) is 34.7. The van der Waals surface area contributed by atoms with Crippen molar-refractivity contribution in [1.82, 2.24) is 9.97 Å². The van der Waals surface area contributed by atoms with Gasteiger partial charge in [-0.2, -0.15) is 0 Å². The van der Waals surface area contributed by atoms with E-state index in [2.05, 4.69) is 232 Å². The Morgan fingerprint density at radius 3 is 1.53 bits per heavy atom. The molecule has 12 rings (SSSR count). The number of rotatable bonds is 6. The van der Waals surface area contributed by atoms with Gasteiger partial charge in [0.1, 0.15) is 0 Å². The normalized spacial score (nSPS) is 13.9. The predicted molar refractivity (Wildman–Crippen MR) is 256 cm³/mol. The van der Waals surface area contributed by atoms with E-state index in [9.17, 15) is 0 Å². The van der Waals surface area contributed by atoms with E-state index in [4.69, 9.17) is 9.97 Å². The molecule has 2 heteroatoms. The molecule has 2 nitrogen and oxygen atoms in total. The molecule has 9 aromatic carbocycles. The van der Waals surface area contributed by atoms with Crippen LogP contribution >= 0.6 is 0 Å². The van der Waals surface area contributed by atoms with E-state index >= 15 is 0 Å². The third-order valence-corrected chi connectivity index (χ3v) is 13.6. The van der Waals surface area contributed by atoms with Crippen LogP contribution in [0.25, 0.3) is 78.1 Å². The second-order valence-corrected chi connectivity index (χ2v) is 17.2. The van der Waals surface area contributed by atoms with Crippen molar-refractivity contribution in [1.29, 1.82) is 0 Å². The smallest absolute Gasteiger partial charge is 0.161 e. The largest absolute Gasteiger partial charge is 0.228 e. The Hall–Kier alpha value is -7.68. The average molecular weight is 791 g/mol. The minimum absolute atomic E-state index is 0.0814. The van der Waals surface area contributed by atoms with Crippen molar-refractivity contribution in [2.45, 2.75) is 24.7 Å². The van der Waals surface area contributed by atoms with Crippen LogP contribution in [0.1, 0.15) is 47.2 Å². The third kappa shape index (κ3) is 5.29. The summed E-state index contributed by atoms with van der Waals surface area (Å²) in [7, 11) is 0. The number of hydrogen-bond donors (Lipinski definition) is 0. The van der Waals surface area contributed by atoms with Crippen molar-refractivity contribution in [3.05, 3.63) is 252 Å². The van der Waals surface area contributed by atoms with Crippen LogP contribution in [-0.4, -0.2) is 9.97 Å². The van der Waals surface area contributed by atoms with Gasteiger partial charge in [-0.15, -0.1) is 0 Å². The zero-order valence-corrected chi connectivity index (χ0v) is 34.7. The molecule has 292 valence electrons. The maximum absolute atomic E-state index is 5.52. The lowest BCUT2D eigenvalue weighted by atomic mass is 9.67. The minimum atomic E-state index is -0.512. The van der Waals surface area contributed by atoms with Gasteiger partial charge in [-0.3, -0.25) is 0 Å². The van der Waals surface area contributed by atoms with Gasteiger partial charge in [0, 0.05) is 22.1 Å². The van der Waals surface area contributed by atoms with Gasteiger partial charge in [-0.1, -0.05) is 214 Å². The first kappa shape index (κ1) is 36.2. The molecule has 0 unspecified atom stereocenters. The van der Waals surface area contributed by atoms with E-state index in [0.717, 1.165) is 33.5 Å². The number of fused-ring (bicyclic) bond motifs is 7. The molecular weight excluding hydrogens is 749 g/mol. The lowest BCUT2D eigenvalue weighted by Gasteiger charge is -2.34. The van der Waals surface area contributed by atoms with Gasteiger partial charge in [-0.25, -0.2) is 9.97 Å². The second-order valence-electron chi connectivity index (χ2n) is 17.2. The highest BCUT2D eigenvalue weighted by atomic mass is 14.9. The van der Waals surface area contributed by atoms with E-state index in [1.54, 1.807) is 0 Å². The Morgan fingerprint density at radius 1 is 0.323 bits per heavy atom. The van der Waals surface area contributed by atoms with E-state index in [-0.39, 0.29) is 5.41 Å². The summed E-state index contributed by atoms with van der Waals surface area (Å²) >= 11 is 0. The molecule has 0 aliphatic heterocycles. The summed E-state index contributed by atoms with van der Waals surface area (Å²) in [5.74, 6) is 0.704. The molecule has 2 aliphatic rings. The van der Waals surface area contributed by atoms with Crippen molar-refractivity contribution in [3.8, 4) is 67.3 Å². The average Bonchev–Trinajstić information content (AvgIpc) is 3.77. The van der Waals surface area contributed by atoms with Crippen LogP contribution in [0.3, 0.4) is 0 Å². The Balaban J connectivity index is 1.07. The molecular formula is C60H42N2. The van der Waals surface area contributed by atoms with Gasteiger partial charge in [0.2, 0.25) is 0 Å². The summed E-state index contributed by atoms with van der Waals surface area (Å²) in [5.41, 5.74) is 19.7. The lowest BCUT2D eigenvalue weighted by molar-refractivity contribution is 0.660. The van der Waals surface area contributed by atoms with Crippen LogP contribution in [0.5, 0.6) is 0 Å². The SMILES string of the molecule is CC1(C)c2ccccc2-c2c(-c3ccc(-c4nc(-c5ccccc5)cc(-c5ccc6c(c5)C(c5ccccc5)(c5ccccc5)c5ccccc5-6)n4)c4ccccc34)cccc21. The van der Waals surface area contributed by atoms with Crippen molar-refractivity contribution >= 4 is 10.8 Å². The fourth-order valence-corrected chi connectivity index (χ4v) is 10.8. The highest BCUT2D eigenvalue weighted by Crippen LogP contribution is 2.57. The lowest BCUT2D eigenvalue weighted by Crippen LogP contribution is -2.28. The number of nitrogens with zero attached hydrogens (tertiary/aromatic N) is 2. The van der Waals surface area contributed by atoms with Crippen LogP contribution in [0.4, 0.5) is 0 Å². The quantitative estimate of drug-likeness (QED) is 0.168. The van der Waals surface area contributed by atoms with Crippen LogP contribution in [-0.2, 0) is 10.8 Å². The monoisotopic (exact) mass is 790 g/mol. The Kier molecular flexibility index (Phi) is 8.14. The van der Waals surface area contributed by atoms with E-state index in [0.29, 0.717) is 5.82 Å². The number of aromatic nitrogens is 2. The van der Waals surface area contributed by atoms with Gasteiger partial charge in [0.05, 0.1) is 16.8 Å². The molecule has 1 heterocycles. The maximum atomic E-state index is 5.52. The highest BCUT2D eigenvalue weighted by Gasteiger charge is 2.46. The van der Waals surface area contributed by atoms with Gasteiger partial charge < -0.3 is 0 Å². The second kappa shape index (κ2) is 13.9. The predicted octanol–water partition coefficient (Wildman–Crippen LogP) is 15.0.